The highest BCUT2D eigenvalue weighted by Gasteiger charge is 2.21. The van der Waals surface area contributed by atoms with Gasteiger partial charge in [0.2, 0.25) is 0 Å². The average Bonchev–Trinajstić information content (AvgIpc) is 2.55. The molecule has 2 aromatic rings. The van der Waals surface area contributed by atoms with E-state index >= 15 is 0 Å². The van der Waals surface area contributed by atoms with Crippen molar-refractivity contribution in [3.8, 4) is 5.75 Å². The van der Waals surface area contributed by atoms with Crippen LogP contribution in [-0.4, -0.2) is 23.9 Å². The van der Waals surface area contributed by atoms with Gasteiger partial charge in [-0.1, -0.05) is 12.1 Å². The molecule has 0 fully saturated rings. The van der Waals surface area contributed by atoms with Gasteiger partial charge in [-0.3, -0.25) is 0 Å². The lowest BCUT2D eigenvalue weighted by molar-refractivity contribution is 0.414. The number of hydrogen-bond acceptors (Lipinski definition) is 5. The Kier molecular flexibility index (Phi) is 5.29. The Labute approximate surface area is 141 Å². The molecule has 0 heterocycles. The van der Waals surface area contributed by atoms with Crippen molar-refractivity contribution < 1.29 is 21.6 Å². The van der Waals surface area contributed by atoms with Crippen molar-refractivity contribution in [1.82, 2.24) is 9.66 Å². The predicted octanol–water partition coefficient (Wildman–Crippen LogP) is 1.48. The Hall–Kier alpha value is -1.94. The van der Waals surface area contributed by atoms with Crippen molar-refractivity contribution in [2.24, 2.45) is 0 Å². The van der Waals surface area contributed by atoms with E-state index in [1.165, 1.54) is 37.4 Å². The zero-order chi connectivity index (χ0) is 18.0. The summed E-state index contributed by atoms with van der Waals surface area (Å²) in [4.78, 5) is 3.73. The molecule has 0 aliphatic carbocycles. The van der Waals surface area contributed by atoms with Gasteiger partial charge in [-0.05, 0) is 55.3 Å². The summed E-state index contributed by atoms with van der Waals surface area (Å²) in [6.07, 6.45) is 0. The lowest BCUT2D eigenvalue weighted by atomic mass is 10.2. The van der Waals surface area contributed by atoms with Gasteiger partial charge in [0.05, 0.1) is 16.9 Å². The number of ether oxygens (including phenoxy) is 1. The summed E-state index contributed by atoms with van der Waals surface area (Å²) in [5.74, 6) is 0.491. The van der Waals surface area contributed by atoms with Gasteiger partial charge >= 0.3 is 0 Å². The molecule has 7 nitrogen and oxygen atoms in total. The molecule has 0 amide bonds. The Morgan fingerprint density at radius 2 is 1.42 bits per heavy atom. The molecule has 2 rings (SSSR count). The van der Waals surface area contributed by atoms with Gasteiger partial charge in [0.25, 0.3) is 20.0 Å². The second-order valence-electron chi connectivity index (χ2n) is 5.16. The van der Waals surface area contributed by atoms with Crippen LogP contribution in [-0.2, 0) is 20.0 Å². The summed E-state index contributed by atoms with van der Waals surface area (Å²) in [5, 5.41) is 0. The number of aryl methyl sites for hydroxylation is 2. The van der Waals surface area contributed by atoms with Crippen LogP contribution >= 0.6 is 0 Å². The predicted molar refractivity (Wildman–Crippen MR) is 89.6 cm³/mol. The Balaban J connectivity index is 2.23. The van der Waals surface area contributed by atoms with Gasteiger partial charge in [-0.25, -0.2) is 16.8 Å². The van der Waals surface area contributed by atoms with E-state index in [1.54, 1.807) is 26.0 Å². The Morgan fingerprint density at radius 3 is 2.00 bits per heavy atom. The molecule has 0 aliphatic heterocycles. The van der Waals surface area contributed by atoms with Crippen LogP contribution in [0.4, 0.5) is 0 Å². The average molecular weight is 370 g/mol. The quantitative estimate of drug-likeness (QED) is 0.750. The van der Waals surface area contributed by atoms with Gasteiger partial charge in [0, 0.05) is 0 Å². The zero-order valence-electron chi connectivity index (χ0n) is 13.4. The van der Waals surface area contributed by atoms with Crippen LogP contribution in [0.5, 0.6) is 5.75 Å². The van der Waals surface area contributed by atoms with E-state index in [0.717, 1.165) is 5.56 Å². The van der Waals surface area contributed by atoms with E-state index in [2.05, 4.69) is 0 Å². The lowest BCUT2D eigenvalue weighted by Gasteiger charge is -2.12. The maximum atomic E-state index is 12.3. The number of benzene rings is 2. The second kappa shape index (κ2) is 6.89. The minimum Gasteiger partial charge on any atom is -0.497 e. The fourth-order valence-corrected chi connectivity index (χ4v) is 4.41. The third-order valence-electron chi connectivity index (χ3n) is 3.31. The zero-order valence-corrected chi connectivity index (χ0v) is 15.0. The molecule has 9 heteroatoms. The fourth-order valence-electron chi connectivity index (χ4n) is 1.98. The molecule has 0 bridgehead atoms. The molecule has 2 aromatic carbocycles. The SMILES string of the molecule is COc1ccc(S(=O)(=O)NNS(=O)(=O)c2cc(C)ccc2C)cc1. The van der Waals surface area contributed by atoms with Crippen LogP contribution in [0.1, 0.15) is 11.1 Å². The van der Waals surface area contributed by atoms with Crippen LogP contribution in [0.25, 0.3) is 0 Å². The van der Waals surface area contributed by atoms with Gasteiger partial charge in [0.1, 0.15) is 5.75 Å². The van der Waals surface area contributed by atoms with E-state index in [-0.39, 0.29) is 9.79 Å². The van der Waals surface area contributed by atoms with Crippen molar-refractivity contribution in [1.29, 1.82) is 0 Å². The van der Waals surface area contributed by atoms with Crippen molar-refractivity contribution in [3.05, 3.63) is 53.6 Å². The maximum Gasteiger partial charge on any atom is 0.254 e. The first-order valence-corrected chi connectivity index (χ1v) is 9.87. The minimum absolute atomic E-state index is 0.0138. The number of rotatable bonds is 6. The third kappa shape index (κ3) is 4.12. The largest absolute Gasteiger partial charge is 0.497 e. The molecule has 24 heavy (non-hydrogen) atoms. The maximum absolute atomic E-state index is 12.3. The van der Waals surface area contributed by atoms with E-state index in [1.807, 2.05) is 9.66 Å². The summed E-state index contributed by atoms with van der Waals surface area (Å²) in [5.41, 5.74) is 1.26. The van der Waals surface area contributed by atoms with E-state index in [0.29, 0.717) is 11.3 Å². The topological polar surface area (TPSA) is 102 Å². The van der Waals surface area contributed by atoms with E-state index < -0.39 is 20.0 Å². The molecule has 0 saturated carbocycles. The third-order valence-corrected chi connectivity index (χ3v) is 6.10. The van der Waals surface area contributed by atoms with Crippen molar-refractivity contribution in [2.45, 2.75) is 23.6 Å². The number of methoxy groups -OCH3 is 1. The Morgan fingerprint density at radius 1 is 0.833 bits per heavy atom. The molecule has 0 saturated heterocycles. The molecule has 0 spiro atoms. The van der Waals surface area contributed by atoms with Crippen LogP contribution < -0.4 is 14.4 Å². The first kappa shape index (κ1) is 18.4. The van der Waals surface area contributed by atoms with Crippen LogP contribution in [0, 0.1) is 13.8 Å². The van der Waals surface area contributed by atoms with Crippen molar-refractivity contribution in [2.75, 3.05) is 7.11 Å². The van der Waals surface area contributed by atoms with Crippen LogP contribution in [0.3, 0.4) is 0 Å². The summed E-state index contributed by atoms with van der Waals surface area (Å²) >= 11 is 0. The summed E-state index contributed by atoms with van der Waals surface area (Å²) in [6, 6.07) is 10.5. The fraction of sp³-hybridized carbons (Fsp3) is 0.200. The first-order chi connectivity index (χ1) is 11.2. The van der Waals surface area contributed by atoms with Crippen LogP contribution in [0.2, 0.25) is 0 Å². The number of nitrogens with one attached hydrogen (secondary N) is 2. The molecule has 0 radical (unpaired) electrons. The highest BCUT2D eigenvalue weighted by Crippen LogP contribution is 2.17. The number of hydrogen-bond donors (Lipinski definition) is 2. The molecular formula is C15H18N2O5S2. The van der Waals surface area contributed by atoms with Crippen molar-refractivity contribution >= 4 is 20.0 Å². The van der Waals surface area contributed by atoms with Gasteiger partial charge in [0.15, 0.2) is 0 Å². The normalized spacial score (nSPS) is 12.1. The van der Waals surface area contributed by atoms with Crippen LogP contribution in [0.15, 0.2) is 52.3 Å². The minimum atomic E-state index is -4.05. The molecule has 0 atom stereocenters. The molecule has 2 N–H and O–H groups in total. The van der Waals surface area contributed by atoms with E-state index in [9.17, 15) is 16.8 Å². The molecule has 0 unspecified atom stereocenters. The summed E-state index contributed by atoms with van der Waals surface area (Å²) in [7, 11) is -6.62. The van der Waals surface area contributed by atoms with Gasteiger partial charge in [-0.2, -0.15) is 0 Å². The number of hydrazine groups is 1. The molecule has 0 aromatic heterocycles. The summed E-state index contributed by atoms with van der Waals surface area (Å²) < 4.78 is 54.0. The second-order valence-corrected chi connectivity index (χ2v) is 8.49. The lowest BCUT2D eigenvalue weighted by Crippen LogP contribution is -2.41. The Bertz CT molecular complexity index is 936. The molecular weight excluding hydrogens is 352 g/mol. The van der Waals surface area contributed by atoms with Gasteiger partial charge in [-0.15, -0.1) is 9.66 Å². The van der Waals surface area contributed by atoms with E-state index in [4.69, 9.17) is 4.74 Å². The molecule has 0 aliphatic rings. The smallest absolute Gasteiger partial charge is 0.254 e. The first-order valence-electron chi connectivity index (χ1n) is 6.90. The standard InChI is InChI=1S/C15H18N2O5S2/c1-11-4-5-12(2)15(10-11)24(20,21)17-16-23(18,19)14-8-6-13(22-3)7-9-14/h4-10,16-17H,1-3H3. The highest BCUT2D eigenvalue weighted by molar-refractivity contribution is 7.92. The molecule has 130 valence electrons. The monoisotopic (exact) mass is 370 g/mol. The highest BCUT2D eigenvalue weighted by atomic mass is 32.2. The number of sulfonamides is 2. The van der Waals surface area contributed by atoms with Gasteiger partial charge < -0.3 is 4.74 Å². The van der Waals surface area contributed by atoms with Crippen molar-refractivity contribution in [3.63, 3.8) is 0 Å². The summed E-state index contributed by atoms with van der Waals surface area (Å²) in [6.45, 7) is 3.38.